The van der Waals surface area contributed by atoms with Gasteiger partial charge in [0.2, 0.25) is 11.9 Å². The van der Waals surface area contributed by atoms with Crippen molar-refractivity contribution in [3.63, 3.8) is 0 Å². The third kappa shape index (κ3) is 9.81. The molecule has 63 heavy (non-hydrogen) atoms. The standard InChI is InChI=1S/C48H54N6O7SSi/c1-47(2,3)63(6,7)61-42-41(56)38(30-59-48(33-17-12-9-13-18-33,34-19-23-36(57-4)24-20-34)35-21-25-37(58-5)26-22-35)60-45(42)54-31-50-40-43(54)52-46(53-44(40)62-28-14-27-49)51-39(55)29-32-15-10-8-11-16-32/h8-13,15-26,31,38,41-42,45,56H,14,28-30H2,1-7H3,(H,51,52,53,55)/t38-,41-,42-,45-/m1/s1. The van der Waals surface area contributed by atoms with E-state index in [1.807, 2.05) is 109 Å². The maximum Gasteiger partial charge on any atom is 0.232 e. The van der Waals surface area contributed by atoms with Crippen molar-refractivity contribution >= 4 is 43.1 Å². The molecule has 13 nitrogen and oxygen atoms in total. The van der Waals surface area contributed by atoms with Crippen molar-refractivity contribution < 1.29 is 33.3 Å². The van der Waals surface area contributed by atoms with Crippen molar-refractivity contribution in [2.75, 3.05) is 31.9 Å². The number of hydrogen-bond donors (Lipinski definition) is 2. The molecule has 1 aliphatic heterocycles. The number of ether oxygens (including phenoxy) is 4. The predicted molar refractivity (Wildman–Crippen MR) is 245 cm³/mol. The van der Waals surface area contributed by atoms with E-state index in [0.717, 1.165) is 22.3 Å². The topological polar surface area (TPSA) is 163 Å². The summed E-state index contributed by atoms with van der Waals surface area (Å²) in [6.07, 6.45) is -1.82. The molecular formula is C48H54N6O7SSi. The minimum atomic E-state index is -2.56. The minimum Gasteiger partial charge on any atom is -0.497 e. The summed E-state index contributed by atoms with van der Waals surface area (Å²) in [4.78, 5) is 27.6. The highest BCUT2D eigenvalue weighted by atomic mass is 32.2. The van der Waals surface area contributed by atoms with E-state index < -0.39 is 38.5 Å². The molecule has 15 heteroatoms. The van der Waals surface area contributed by atoms with Gasteiger partial charge >= 0.3 is 0 Å². The van der Waals surface area contributed by atoms with Crippen molar-refractivity contribution in [3.8, 4) is 17.6 Å². The first kappa shape index (κ1) is 45.4. The Morgan fingerprint density at radius 2 is 1.48 bits per heavy atom. The van der Waals surface area contributed by atoms with E-state index in [-0.39, 0.29) is 36.3 Å². The molecule has 1 amide bonds. The number of anilines is 1. The molecule has 0 spiro atoms. The number of thioether (sulfide) groups is 1. The number of carbonyl (C=O) groups is 1. The maximum atomic E-state index is 13.3. The summed E-state index contributed by atoms with van der Waals surface area (Å²) in [5.74, 6) is 1.63. The van der Waals surface area contributed by atoms with E-state index in [9.17, 15) is 15.2 Å². The van der Waals surface area contributed by atoms with E-state index in [1.54, 1.807) is 25.1 Å². The van der Waals surface area contributed by atoms with Crippen LogP contribution >= 0.6 is 11.8 Å². The van der Waals surface area contributed by atoms with E-state index in [1.165, 1.54) is 11.8 Å². The molecule has 4 aromatic carbocycles. The van der Waals surface area contributed by atoms with Crippen LogP contribution in [0.25, 0.3) is 11.2 Å². The van der Waals surface area contributed by atoms with Crippen LogP contribution in [0.2, 0.25) is 18.1 Å². The lowest BCUT2D eigenvalue weighted by atomic mass is 9.80. The zero-order chi connectivity index (χ0) is 44.8. The fourth-order valence-corrected chi connectivity index (χ4v) is 9.49. The van der Waals surface area contributed by atoms with Gasteiger partial charge < -0.3 is 28.5 Å². The molecule has 0 saturated carbocycles. The van der Waals surface area contributed by atoms with Crippen LogP contribution in [0, 0.1) is 11.3 Å². The number of nitriles is 1. The van der Waals surface area contributed by atoms with Gasteiger partial charge in [-0.2, -0.15) is 10.2 Å². The number of nitrogens with zero attached hydrogens (tertiary/aromatic N) is 5. The van der Waals surface area contributed by atoms with Crippen molar-refractivity contribution in [1.29, 1.82) is 5.26 Å². The van der Waals surface area contributed by atoms with Gasteiger partial charge in [-0.3, -0.25) is 14.7 Å². The Kier molecular flexibility index (Phi) is 14.0. The van der Waals surface area contributed by atoms with Crippen LogP contribution in [-0.2, 0) is 30.7 Å². The van der Waals surface area contributed by atoms with Crippen LogP contribution in [0.1, 0.15) is 55.7 Å². The van der Waals surface area contributed by atoms with Crippen LogP contribution in [0.15, 0.2) is 121 Å². The summed E-state index contributed by atoms with van der Waals surface area (Å²) in [6.45, 7) is 10.6. The summed E-state index contributed by atoms with van der Waals surface area (Å²) >= 11 is 1.35. The number of methoxy groups -OCH3 is 2. The Morgan fingerprint density at radius 3 is 2.05 bits per heavy atom. The molecule has 7 rings (SSSR count). The first-order valence-electron chi connectivity index (χ1n) is 20.9. The van der Waals surface area contributed by atoms with Crippen molar-refractivity contribution in [3.05, 3.63) is 138 Å². The Balaban J connectivity index is 1.30. The quantitative estimate of drug-likeness (QED) is 0.0295. The molecule has 328 valence electrons. The Bertz CT molecular complexity index is 2460. The molecule has 1 saturated heterocycles. The smallest absolute Gasteiger partial charge is 0.232 e. The number of aliphatic hydroxyl groups is 1. The van der Waals surface area contributed by atoms with E-state index in [4.69, 9.17) is 33.3 Å². The number of nitrogens with one attached hydrogen (secondary N) is 1. The molecular weight excluding hydrogens is 833 g/mol. The average Bonchev–Trinajstić information content (AvgIpc) is 3.84. The molecule has 6 aromatic rings. The highest BCUT2D eigenvalue weighted by Gasteiger charge is 2.52. The lowest BCUT2D eigenvalue weighted by Gasteiger charge is -2.40. The SMILES string of the molecule is COc1ccc(C(OC[C@H]2O[C@@H](n3cnc4c(SCCC#N)nc(NC(=O)Cc5ccccc5)nc43)[C@H](O[Si](C)(C)C(C)(C)C)[C@@H]2O)(c2ccccc2)c2ccc(OC)cc2)cc1. The third-order valence-corrected chi connectivity index (χ3v) is 17.2. The lowest BCUT2D eigenvalue weighted by Crippen LogP contribution is -2.49. The van der Waals surface area contributed by atoms with Crippen LogP contribution in [0.3, 0.4) is 0 Å². The predicted octanol–water partition coefficient (Wildman–Crippen LogP) is 8.69. The highest BCUT2D eigenvalue weighted by Crippen LogP contribution is 2.46. The number of benzene rings is 4. The summed E-state index contributed by atoms with van der Waals surface area (Å²) in [7, 11) is 0.693. The van der Waals surface area contributed by atoms with Gasteiger partial charge in [0, 0.05) is 12.2 Å². The minimum absolute atomic E-state index is 0.0559. The first-order chi connectivity index (χ1) is 30.3. The summed E-state index contributed by atoms with van der Waals surface area (Å²) in [5, 5.41) is 25.0. The fraction of sp³-hybridized carbons (Fsp3) is 0.354. The van der Waals surface area contributed by atoms with Crippen LogP contribution in [0.4, 0.5) is 5.95 Å². The number of fused-ring (bicyclic) bond motifs is 1. The van der Waals surface area contributed by atoms with Gasteiger partial charge in [0.05, 0.1) is 39.6 Å². The molecule has 1 fully saturated rings. The van der Waals surface area contributed by atoms with E-state index in [0.29, 0.717) is 33.4 Å². The molecule has 1 aliphatic rings. The fourth-order valence-electron chi connectivity index (χ4n) is 7.38. The molecule has 0 radical (unpaired) electrons. The first-order valence-corrected chi connectivity index (χ1v) is 24.8. The summed E-state index contributed by atoms with van der Waals surface area (Å²) < 4.78 is 34.1. The Hall–Kier alpha value is -5.60. The van der Waals surface area contributed by atoms with Crippen LogP contribution in [-0.4, -0.2) is 83.7 Å². The molecule has 0 unspecified atom stereocenters. The van der Waals surface area contributed by atoms with Gasteiger partial charge in [0.25, 0.3) is 0 Å². The van der Waals surface area contributed by atoms with Gasteiger partial charge in [0.15, 0.2) is 20.2 Å². The molecule has 2 N–H and O–H groups in total. The number of carbonyl (C=O) groups excluding carboxylic acids is 1. The number of aromatic nitrogens is 4. The Labute approximate surface area is 373 Å². The number of amides is 1. The third-order valence-electron chi connectivity index (χ3n) is 11.8. The maximum absolute atomic E-state index is 13.3. The number of rotatable bonds is 17. The van der Waals surface area contributed by atoms with Gasteiger partial charge in [-0.1, -0.05) is 106 Å². The van der Waals surface area contributed by atoms with Crippen LogP contribution in [0.5, 0.6) is 11.5 Å². The zero-order valence-electron chi connectivity index (χ0n) is 36.6. The number of aliphatic hydroxyl groups excluding tert-OH is 1. The van der Waals surface area contributed by atoms with E-state index in [2.05, 4.69) is 50.2 Å². The van der Waals surface area contributed by atoms with Crippen LogP contribution < -0.4 is 14.8 Å². The lowest BCUT2D eigenvalue weighted by molar-refractivity contribution is -0.115. The van der Waals surface area contributed by atoms with Gasteiger partial charge in [-0.05, 0) is 64.7 Å². The van der Waals surface area contributed by atoms with Crippen molar-refractivity contribution in [1.82, 2.24) is 19.5 Å². The monoisotopic (exact) mass is 886 g/mol. The number of imidazole rings is 1. The second kappa shape index (κ2) is 19.4. The molecule has 0 bridgehead atoms. The zero-order valence-corrected chi connectivity index (χ0v) is 38.5. The summed E-state index contributed by atoms with van der Waals surface area (Å²) in [6, 6.07) is 37.1. The highest BCUT2D eigenvalue weighted by molar-refractivity contribution is 7.99. The average molecular weight is 887 g/mol. The molecule has 4 atom stereocenters. The van der Waals surface area contributed by atoms with Crippen molar-refractivity contribution in [2.45, 2.75) is 86.9 Å². The molecule has 0 aliphatic carbocycles. The molecule has 2 aromatic heterocycles. The van der Waals surface area contributed by atoms with E-state index >= 15 is 0 Å². The number of hydrogen-bond acceptors (Lipinski definition) is 12. The molecule has 3 heterocycles. The Morgan fingerprint density at radius 1 is 0.889 bits per heavy atom. The summed E-state index contributed by atoms with van der Waals surface area (Å²) in [5.41, 5.74) is 3.03. The normalized spacial score (nSPS) is 18.0. The van der Waals surface area contributed by atoms with Gasteiger partial charge in [-0.25, -0.2) is 9.97 Å². The second-order valence-corrected chi connectivity index (χ2v) is 22.7. The van der Waals surface area contributed by atoms with Gasteiger partial charge in [0.1, 0.15) is 46.0 Å². The second-order valence-electron chi connectivity index (χ2n) is 16.9. The van der Waals surface area contributed by atoms with Gasteiger partial charge in [-0.15, -0.1) is 11.8 Å². The van der Waals surface area contributed by atoms with Crippen molar-refractivity contribution in [2.24, 2.45) is 0 Å². The largest absolute Gasteiger partial charge is 0.497 e.